The summed E-state index contributed by atoms with van der Waals surface area (Å²) in [7, 11) is 0. The average Bonchev–Trinajstić information content (AvgIpc) is 2.88. The van der Waals surface area contributed by atoms with Gasteiger partial charge in [0, 0.05) is 16.0 Å². The van der Waals surface area contributed by atoms with Gasteiger partial charge < -0.3 is 9.84 Å². The highest BCUT2D eigenvalue weighted by atomic mass is 35.5. The highest BCUT2D eigenvalue weighted by molar-refractivity contribution is 6.30. The second-order valence-corrected chi connectivity index (χ2v) is 6.34. The highest BCUT2D eigenvalue weighted by Crippen LogP contribution is 2.21. The van der Waals surface area contributed by atoms with Crippen molar-refractivity contribution in [3.63, 3.8) is 0 Å². The van der Waals surface area contributed by atoms with Gasteiger partial charge in [-0.2, -0.15) is 4.98 Å². The first-order valence-corrected chi connectivity index (χ1v) is 7.05. The Morgan fingerprint density at radius 2 is 1.90 bits per heavy atom. The van der Waals surface area contributed by atoms with Gasteiger partial charge in [0.05, 0.1) is 0 Å². The van der Waals surface area contributed by atoms with E-state index in [2.05, 4.69) is 15.5 Å². The van der Waals surface area contributed by atoms with E-state index >= 15 is 0 Å². The van der Waals surface area contributed by atoms with Gasteiger partial charge in [0.15, 0.2) is 0 Å². The summed E-state index contributed by atoms with van der Waals surface area (Å²) in [5.74, 6) is 0.775. The second-order valence-electron chi connectivity index (χ2n) is 5.91. The first kappa shape index (κ1) is 15.5. The van der Waals surface area contributed by atoms with Crippen LogP contribution in [0.5, 0.6) is 0 Å². The monoisotopic (exact) mass is 307 g/mol. The number of halogens is 1. The Morgan fingerprint density at radius 1 is 1.29 bits per heavy atom. The van der Waals surface area contributed by atoms with Crippen molar-refractivity contribution < 1.29 is 9.32 Å². The van der Waals surface area contributed by atoms with E-state index in [1.807, 2.05) is 39.8 Å². The number of amides is 1. The molecule has 6 heteroatoms. The van der Waals surface area contributed by atoms with Crippen LogP contribution in [0.2, 0.25) is 5.02 Å². The fraction of sp³-hybridized carbons (Fsp3) is 0.400. The van der Waals surface area contributed by atoms with Gasteiger partial charge in [-0.15, -0.1) is 0 Å². The van der Waals surface area contributed by atoms with Gasteiger partial charge >= 0.3 is 0 Å². The number of aromatic nitrogens is 2. The smallest absolute Gasteiger partial charge is 0.249 e. The van der Waals surface area contributed by atoms with Gasteiger partial charge in [-0.25, -0.2) is 0 Å². The zero-order chi connectivity index (χ0) is 15.6. The van der Waals surface area contributed by atoms with Crippen LogP contribution in [0.1, 0.15) is 39.6 Å². The van der Waals surface area contributed by atoms with Crippen LogP contribution >= 0.6 is 11.6 Å². The summed E-state index contributed by atoms with van der Waals surface area (Å²) >= 11 is 5.84. The molecule has 2 rings (SSSR count). The summed E-state index contributed by atoms with van der Waals surface area (Å²) < 4.78 is 5.22. The molecule has 0 unspecified atom stereocenters. The Bertz CT molecular complexity index is 629. The molecular formula is C15H18ClN3O2. The lowest BCUT2D eigenvalue weighted by molar-refractivity contribution is -0.129. The van der Waals surface area contributed by atoms with Gasteiger partial charge in [-0.05, 0) is 31.2 Å². The summed E-state index contributed by atoms with van der Waals surface area (Å²) in [6.45, 7) is 7.36. The molecule has 1 atom stereocenters. The number of hydrogen-bond acceptors (Lipinski definition) is 4. The fourth-order valence-electron chi connectivity index (χ4n) is 1.60. The molecule has 2 aromatic rings. The quantitative estimate of drug-likeness (QED) is 0.940. The van der Waals surface area contributed by atoms with Crippen LogP contribution in [-0.2, 0) is 4.79 Å². The molecule has 112 valence electrons. The molecule has 1 amide bonds. The number of carbonyl (C=O) groups excluding carboxylic acids is 1. The molecule has 0 fully saturated rings. The van der Waals surface area contributed by atoms with Crippen LogP contribution in [-0.4, -0.2) is 16.0 Å². The van der Waals surface area contributed by atoms with Gasteiger partial charge in [-0.1, -0.05) is 37.5 Å². The Balaban J connectivity index is 2.12. The maximum Gasteiger partial charge on any atom is 0.249 e. The zero-order valence-electron chi connectivity index (χ0n) is 12.5. The lowest BCUT2D eigenvalue weighted by Gasteiger charge is -2.19. The number of hydrogen-bond donors (Lipinski definition) is 1. The third kappa shape index (κ3) is 3.82. The minimum Gasteiger partial charge on any atom is -0.344 e. The maximum atomic E-state index is 11.9. The van der Waals surface area contributed by atoms with E-state index < -0.39 is 5.41 Å². The first-order valence-electron chi connectivity index (χ1n) is 6.68. The topological polar surface area (TPSA) is 68.0 Å². The van der Waals surface area contributed by atoms with Crippen molar-refractivity contribution in [3.8, 4) is 11.4 Å². The molecule has 1 N–H and O–H groups in total. The molecule has 21 heavy (non-hydrogen) atoms. The Hall–Kier alpha value is -1.88. The normalized spacial score (nSPS) is 13.0. The van der Waals surface area contributed by atoms with E-state index in [-0.39, 0.29) is 11.9 Å². The predicted octanol–water partition coefficient (Wildman–Crippen LogP) is 3.61. The molecule has 0 aliphatic carbocycles. The van der Waals surface area contributed by atoms with E-state index in [0.29, 0.717) is 16.7 Å². The van der Waals surface area contributed by atoms with Crippen LogP contribution < -0.4 is 5.32 Å². The number of nitrogens with one attached hydrogen (secondary N) is 1. The predicted molar refractivity (Wildman–Crippen MR) is 80.8 cm³/mol. The minimum absolute atomic E-state index is 0.0683. The average molecular weight is 308 g/mol. The molecule has 0 spiro atoms. The Morgan fingerprint density at radius 3 is 2.48 bits per heavy atom. The van der Waals surface area contributed by atoms with Crippen LogP contribution in [0.4, 0.5) is 0 Å². The standard InChI is InChI=1S/C15H18ClN3O2/c1-9(17-14(20)15(2,3)4)13-18-12(19-21-13)10-5-7-11(16)8-6-10/h5-9H,1-4H3,(H,17,20)/t9-/m1/s1. The first-order chi connectivity index (χ1) is 9.77. The van der Waals surface area contributed by atoms with Crippen molar-refractivity contribution in [1.82, 2.24) is 15.5 Å². The minimum atomic E-state index is -0.465. The van der Waals surface area contributed by atoms with Crippen molar-refractivity contribution >= 4 is 17.5 Å². The van der Waals surface area contributed by atoms with E-state index in [0.717, 1.165) is 5.56 Å². The molecule has 0 bridgehead atoms. The summed E-state index contributed by atoms with van der Waals surface area (Å²) in [5.41, 5.74) is 0.344. The summed E-state index contributed by atoms with van der Waals surface area (Å²) in [6.07, 6.45) is 0. The van der Waals surface area contributed by atoms with Crippen LogP contribution in [0, 0.1) is 5.41 Å². The van der Waals surface area contributed by atoms with E-state index in [4.69, 9.17) is 16.1 Å². The van der Waals surface area contributed by atoms with Crippen molar-refractivity contribution in [1.29, 1.82) is 0 Å². The van der Waals surface area contributed by atoms with Crippen molar-refractivity contribution in [2.75, 3.05) is 0 Å². The Labute approximate surface area is 128 Å². The van der Waals surface area contributed by atoms with Gasteiger partial charge in [-0.3, -0.25) is 4.79 Å². The number of carbonyl (C=O) groups is 1. The van der Waals surface area contributed by atoms with Crippen LogP contribution in [0.25, 0.3) is 11.4 Å². The Kier molecular flexibility index (Phi) is 4.32. The van der Waals surface area contributed by atoms with E-state index in [1.165, 1.54) is 0 Å². The molecule has 1 aromatic heterocycles. The summed E-state index contributed by atoms with van der Waals surface area (Å²) in [6, 6.07) is 6.81. The SMILES string of the molecule is C[C@@H](NC(=O)C(C)(C)C)c1nc(-c2ccc(Cl)cc2)no1. The second kappa shape index (κ2) is 5.85. The molecule has 0 radical (unpaired) electrons. The fourth-order valence-corrected chi connectivity index (χ4v) is 1.73. The lowest BCUT2D eigenvalue weighted by Crippen LogP contribution is -2.36. The molecule has 0 aliphatic heterocycles. The van der Waals surface area contributed by atoms with Gasteiger partial charge in [0.1, 0.15) is 6.04 Å². The zero-order valence-corrected chi connectivity index (χ0v) is 13.2. The third-order valence-electron chi connectivity index (χ3n) is 2.94. The van der Waals surface area contributed by atoms with Crippen molar-refractivity contribution in [3.05, 3.63) is 35.2 Å². The molecule has 0 aliphatic rings. The number of nitrogens with zero attached hydrogens (tertiary/aromatic N) is 2. The van der Waals surface area contributed by atoms with Crippen LogP contribution in [0.15, 0.2) is 28.8 Å². The van der Waals surface area contributed by atoms with E-state index in [1.54, 1.807) is 12.1 Å². The van der Waals surface area contributed by atoms with Gasteiger partial charge in [0.2, 0.25) is 17.6 Å². The molecule has 0 saturated heterocycles. The van der Waals surface area contributed by atoms with Crippen molar-refractivity contribution in [2.45, 2.75) is 33.7 Å². The molecule has 5 nitrogen and oxygen atoms in total. The largest absolute Gasteiger partial charge is 0.344 e. The molecule has 0 saturated carbocycles. The van der Waals surface area contributed by atoms with E-state index in [9.17, 15) is 4.79 Å². The van der Waals surface area contributed by atoms with Crippen molar-refractivity contribution in [2.24, 2.45) is 5.41 Å². The third-order valence-corrected chi connectivity index (χ3v) is 3.20. The molecular weight excluding hydrogens is 290 g/mol. The van der Waals surface area contributed by atoms with Crippen LogP contribution in [0.3, 0.4) is 0 Å². The summed E-state index contributed by atoms with van der Waals surface area (Å²) in [5, 5.41) is 7.43. The number of rotatable bonds is 3. The molecule has 1 aromatic carbocycles. The molecule has 1 heterocycles. The number of benzene rings is 1. The maximum absolute atomic E-state index is 11.9. The highest BCUT2D eigenvalue weighted by Gasteiger charge is 2.25. The summed E-state index contributed by atoms with van der Waals surface area (Å²) in [4.78, 5) is 16.3. The van der Waals surface area contributed by atoms with Gasteiger partial charge in [0.25, 0.3) is 0 Å². The lowest BCUT2D eigenvalue weighted by atomic mass is 9.95.